The summed E-state index contributed by atoms with van der Waals surface area (Å²) < 4.78 is 0.846. The maximum absolute atomic E-state index is 10.8. The van der Waals surface area contributed by atoms with E-state index in [1.165, 1.54) is 0 Å². The summed E-state index contributed by atoms with van der Waals surface area (Å²) in [5.74, 6) is -0.767. The number of hydrogen-bond acceptors (Lipinski definition) is 3. The lowest BCUT2D eigenvalue weighted by atomic mass is 10.1. The first-order chi connectivity index (χ1) is 8.61. The Hall–Kier alpha value is -1.54. The number of hydrogen-bond donors (Lipinski definition) is 1. The molecule has 18 heavy (non-hydrogen) atoms. The van der Waals surface area contributed by atoms with Crippen LogP contribution in [0.2, 0.25) is 0 Å². The predicted molar refractivity (Wildman–Crippen MR) is 71.5 cm³/mol. The number of halogens is 1. The topological polar surface area (TPSA) is 64.3 Å². The highest BCUT2D eigenvalue weighted by molar-refractivity contribution is 9.10. The van der Waals surface area contributed by atoms with Gasteiger partial charge in [0.15, 0.2) is 0 Å². The fourth-order valence-electron chi connectivity index (χ4n) is 2.38. The van der Waals surface area contributed by atoms with Crippen molar-refractivity contribution < 1.29 is 9.90 Å². The normalized spacial score (nSPS) is 18.7. The molecule has 1 aromatic carbocycles. The van der Waals surface area contributed by atoms with Gasteiger partial charge in [-0.25, -0.2) is 0 Å². The highest BCUT2D eigenvalue weighted by Crippen LogP contribution is 2.33. The first-order valence-corrected chi connectivity index (χ1v) is 6.59. The van der Waals surface area contributed by atoms with E-state index < -0.39 is 5.97 Å². The second-order valence-corrected chi connectivity index (χ2v) is 5.22. The molecule has 0 bridgehead atoms. The van der Waals surface area contributed by atoms with Crippen LogP contribution in [-0.4, -0.2) is 23.7 Å². The van der Waals surface area contributed by atoms with Gasteiger partial charge in [0, 0.05) is 17.1 Å². The van der Waals surface area contributed by atoms with Crippen LogP contribution in [0.25, 0.3) is 0 Å². The molecule has 1 aliphatic rings. The number of anilines is 1. The van der Waals surface area contributed by atoms with Gasteiger partial charge in [-0.3, -0.25) is 4.79 Å². The molecule has 0 radical (unpaired) electrons. The van der Waals surface area contributed by atoms with Gasteiger partial charge in [0.25, 0.3) is 0 Å². The number of nitrogens with zero attached hydrogens (tertiary/aromatic N) is 2. The SMILES string of the molecule is N#Cc1ccc(N2CCCC2CC(=O)O)c(Br)c1. The number of rotatable bonds is 3. The van der Waals surface area contributed by atoms with Crippen molar-refractivity contribution in [1.82, 2.24) is 0 Å². The molecule has 1 aromatic rings. The summed E-state index contributed by atoms with van der Waals surface area (Å²) in [6.07, 6.45) is 2.07. The molecule has 94 valence electrons. The third kappa shape index (κ3) is 2.65. The number of aliphatic carboxylic acids is 1. The molecule has 0 aliphatic carbocycles. The Kier molecular flexibility index (Phi) is 3.87. The molecule has 1 aliphatic heterocycles. The fraction of sp³-hybridized carbons (Fsp3) is 0.385. The van der Waals surface area contributed by atoms with Gasteiger partial charge in [-0.2, -0.15) is 5.26 Å². The van der Waals surface area contributed by atoms with Crippen LogP contribution in [0.15, 0.2) is 22.7 Å². The zero-order chi connectivity index (χ0) is 13.1. The second-order valence-electron chi connectivity index (χ2n) is 4.37. The summed E-state index contributed by atoms with van der Waals surface area (Å²) in [6.45, 7) is 0.864. The largest absolute Gasteiger partial charge is 0.481 e. The lowest BCUT2D eigenvalue weighted by Crippen LogP contribution is -2.31. The highest BCUT2D eigenvalue weighted by atomic mass is 79.9. The van der Waals surface area contributed by atoms with Gasteiger partial charge in [-0.05, 0) is 47.0 Å². The van der Waals surface area contributed by atoms with Gasteiger partial charge in [-0.15, -0.1) is 0 Å². The molecular weight excluding hydrogens is 296 g/mol. The highest BCUT2D eigenvalue weighted by Gasteiger charge is 2.27. The van der Waals surface area contributed by atoms with Gasteiger partial charge in [0.2, 0.25) is 0 Å². The minimum Gasteiger partial charge on any atom is -0.481 e. The Morgan fingerprint density at radius 2 is 2.39 bits per heavy atom. The van der Waals surface area contributed by atoms with E-state index in [4.69, 9.17) is 10.4 Å². The van der Waals surface area contributed by atoms with Gasteiger partial charge in [0.1, 0.15) is 0 Å². The molecule has 1 fully saturated rings. The maximum atomic E-state index is 10.8. The van der Waals surface area contributed by atoms with Crippen molar-refractivity contribution in [2.75, 3.05) is 11.4 Å². The van der Waals surface area contributed by atoms with Crippen molar-refractivity contribution >= 4 is 27.6 Å². The van der Waals surface area contributed by atoms with Gasteiger partial charge in [-0.1, -0.05) is 0 Å². The van der Waals surface area contributed by atoms with Crippen molar-refractivity contribution in [3.63, 3.8) is 0 Å². The van der Waals surface area contributed by atoms with Crippen LogP contribution in [-0.2, 0) is 4.79 Å². The van der Waals surface area contributed by atoms with Crippen molar-refractivity contribution in [3.05, 3.63) is 28.2 Å². The van der Waals surface area contributed by atoms with Crippen molar-refractivity contribution in [2.24, 2.45) is 0 Å². The average Bonchev–Trinajstić information content (AvgIpc) is 2.76. The Balaban J connectivity index is 2.25. The second kappa shape index (κ2) is 5.40. The Labute approximate surface area is 114 Å². The standard InChI is InChI=1S/C13H13BrN2O2/c14-11-6-9(8-15)3-4-12(11)16-5-1-2-10(16)7-13(17)18/h3-4,6,10H,1-2,5,7H2,(H,17,18). The minimum atomic E-state index is -0.767. The molecule has 1 atom stereocenters. The van der Waals surface area contributed by atoms with E-state index in [2.05, 4.69) is 26.9 Å². The number of carboxylic acids is 1. The van der Waals surface area contributed by atoms with E-state index in [1.54, 1.807) is 12.1 Å². The lowest BCUT2D eigenvalue weighted by Gasteiger charge is -2.26. The molecule has 2 rings (SSSR count). The van der Waals surface area contributed by atoms with E-state index >= 15 is 0 Å². The van der Waals surface area contributed by atoms with Gasteiger partial charge < -0.3 is 10.0 Å². The molecule has 0 spiro atoms. The smallest absolute Gasteiger partial charge is 0.305 e. The Morgan fingerprint density at radius 3 is 3.00 bits per heavy atom. The molecular formula is C13H13BrN2O2. The fourth-order valence-corrected chi connectivity index (χ4v) is 2.98. The third-order valence-corrected chi connectivity index (χ3v) is 3.81. The minimum absolute atomic E-state index is 0.0479. The Morgan fingerprint density at radius 1 is 1.61 bits per heavy atom. The quantitative estimate of drug-likeness (QED) is 0.932. The summed E-state index contributed by atoms with van der Waals surface area (Å²) in [7, 11) is 0. The molecule has 0 saturated carbocycles. The van der Waals surface area contributed by atoms with Crippen molar-refractivity contribution in [3.8, 4) is 6.07 Å². The summed E-state index contributed by atoms with van der Waals surface area (Å²) in [5.41, 5.74) is 1.57. The predicted octanol–water partition coefficient (Wildman–Crippen LogP) is 2.76. The van der Waals surface area contributed by atoms with Crippen molar-refractivity contribution in [2.45, 2.75) is 25.3 Å². The van der Waals surface area contributed by atoms with Crippen LogP contribution in [0.4, 0.5) is 5.69 Å². The monoisotopic (exact) mass is 308 g/mol. The van der Waals surface area contributed by atoms with E-state index in [9.17, 15) is 4.79 Å². The Bertz CT molecular complexity index is 510. The van der Waals surface area contributed by atoms with Crippen LogP contribution < -0.4 is 4.90 Å². The molecule has 1 unspecified atom stereocenters. The zero-order valence-corrected chi connectivity index (χ0v) is 11.4. The molecule has 1 heterocycles. The van der Waals surface area contributed by atoms with E-state index in [-0.39, 0.29) is 12.5 Å². The summed E-state index contributed by atoms with van der Waals surface area (Å²) in [6, 6.07) is 7.54. The van der Waals surface area contributed by atoms with E-state index in [0.29, 0.717) is 5.56 Å². The van der Waals surface area contributed by atoms with E-state index in [1.807, 2.05) is 6.07 Å². The van der Waals surface area contributed by atoms with Crippen LogP contribution in [0.1, 0.15) is 24.8 Å². The first kappa shape index (κ1) is 12.9. The number of carbonyl (C=O) groups is 1. The number of carboxylic acid groups (broad SMARTS) is 1. The lowest BCUT2D eigenvalue weighted by molar-refractivity contribution is -0.137. The summed E-state index contributed by atoms with van der Waals surface area (Å²) >= 11 is 3.45. The molecule has 0 amide bonds. The van der Waals surface area contributed by atoms with Crippen molar-refractivity contribution in [1.29, 1.82) is 5.26 Å². The first-order valence-electron chi connectivity index (χ1n) is 5.80. The third-order valence-electron chi connectivity index (χ3n) is 3.17. The van der Waals surface area contributed by atoms with Gasteiger partial charge in [0.05, 0.1) is 23.7 Å². The molecule has 5 heteroatoms. The average molecular weight is 309 g/mol. The zero-order valence-electron chi connectivity index (χ0n) is 9.77. The summed E-state index contributed by atoms with van der Waals surface area (Å²) in [5, 5.41) is 17.7. The summed E-state index contributed by atoms with van der Waals surface area (Å²) in [4.78, 5) is 12.9. The van der Waals surface area contributed by atoms with Crippen LogP contribution in [0.5, 0.6) is 0 Å². The molecule has 4 nitrogen and oxygen atoms in total. The maximum Gasteiger partial charge on any atom is 0.305 e. The molecule has 0 aromatic heterocycles. The van der Waals surface area contributed by atoms with Crippen LogP contribution >= 0.6 is 15.9 Å². The number of nitriles is 1. The molecule has 1 N–H and O–H groups in total. The van der Waals surface area contributed by atoms with E-state index in [0.717, 1.165) is 29.5 Å². The van der Waals surface area contributed by atoms with Crippen LogP contribution in [0.3, 0.4) is 0 Å². The molecule has 1 saturated heterocycles. The van der Waals surface area contributed by atoms with Crippen LogP contribution in [0, 0.1) is 11.3 Å². The number of benzene rings is 1. The van der Waals surface area contributed by atoms with Gasteiger partial charge >= 0.3 is 5.97 Å².